The Bertz CT molecular complexity index is 909. The van der Waals surface area contributed by atoms with Crippen LogP contribution in [0.1, 0.15) is 17.0 Å². The minimum atomic E-state index is -5.08. The zero-order valence-corrected chi connectivity index (χ0v) is 16.1. The highest BCUT2D eigenvalue weighted by Crippen LogP contribution is 2.18. The largest absolute Gasteiger partial charge is 0.506 e. The maximum Gasteiger partial charge on any atom is 0.490 e. The lowest BCUT2D eigenvalue weighted by molar-refractivity contribution is -0.192. The summed E-state index contributed by atoms with van der Waals surface area (Å²) in [5, 5.41) is 29.3. The standard InChI is InChI=1S/C16H16ClFN2O3.C2HF3O2/c1-9-2-5-15(21)14(20-9)8-19-13(16(22)23)7-10-6-11(17)3-4-12(10)18;3-2(4,5)1(6)7/h2-6,13,19,21H,7-8H2,1H3,(H,22,23);(H,6,7)/t13-;/m1./s1. The van der Waals surface area contributed by atoms with Gasteiger partial charge >= 0.3 is 18.1 Å². The summed E-state index contributed by atoms with van der Waals surface area (Å²) in [6, 6.07) is 6.10. The number of aromatic hydroxyl groups is 1. The first-order valence-corrected chi connectivity index (χ1v) is 8.54. The lowest BCUT2D eigenvalue weighted by Gasteiger charge is -2.15. The molecule has 0 aliphatic rings. The van der Waals surface area contributed by atoms with Crippen molar-refractivity contribution in [3.63, 3.8) is 0 Å². The van der Waals surface area contributed by atoms with Crippen LogP contribution in [0.2, 0.25) is 5.02 Å². The van der Waals surface area contributed by atoms with Crippen molar-refractivity contribution in [3.05, 3.63) is 58.1 Å². The van der Waals surface area contributed by atoms with Crippen LogP contribution in [0.25, 0.3) is 0 Å². The maximum absolute atomic E-state index is 13.7. The average Bonchev–Trinajstić information content (AvgIpc) is 2.63. The average molecular weight is 453 g/mol. The second kappa shape index (κ2) is 10.7. The Kier molecular flexibility index (Phi) is 8.99. The van der Waals surface area contributed by atoms with Crippen molar-refractivity contribution in [2.75, 3.05) is 0 Å². The van der Waals surface area contributed by atoms with Gasteiger partial charge in [0.05, 0.1) is 5.69 Å². The molecule has 7 nitrogen and oxygen atoms in total. The number of pyridine rings is 1. The summed E-state index contributed by atoms with van der Waals surface area (Å²) in [5.74, 6) is -4.43. The highest BCUT2D eigenvalue weighted by Gasteiger charge is 2.38. The van der Waals surface area contributed by atoms with Gasteiger partial charge in [0.1, 0.15) is 17.6 Å². The molecule has 1 aromatic heterocycles. The van der Waals surface area contributed by atoms with Gasteiger partial charge in [-0.2, -0.15) is 13.2 Å². The normalized spacial score (nSPS) is 11.9. The van der Waals surface area contributed by atoms with Gasteiger partial charge in [-0.25, -0.2) is 9.18 Å². The van der Waals surface area contributed by atoms with Gasteiger partial charge in [-0.15, -0.1) is 0 Å². The number of nitrogens with zero attached hydrogens (tertiary/aromatic N) is 1. The summed E-state index contributed by atoms with van der Waals surface area (Å²) in [6.45, 7) is 1.81. The Morgan fingerprint density at radius 3 is 2.33 bits per heavy atom. The third-order valence-electron chi connectivity index (χ3n) is 3.58. The second-order valence-electron chi connectivity index (χ2n) is 5.93. The summed E-state index contributed by atoms with van der Waals surface area (Å²) in [7, 11) is 0. The molecule has 0 saturated carbocycles. The molecule has 1 atom stereocenters. The van der Waals surface area contributed by atoms with E-state index in [1.54, 1.807) is 13.0 Å². The van der Waals surface area contributed by atoms with Crippen molar-refractivity contribution in [3.8, 4) is 5.75 Å². The van der Waals surface area contributed by atoms with Gasteiger partial charge < -0.3 is 15.3 Å². The van der Waals surface area contributed by atoms with Crippen molar-refractivity contribution >= 4 is 23.5 Å². The third-order valence-corrected chi connectivity index (χ3v) is 3.81. The number of aromatic nitrogens is 1. The number of benzene rings is 1. The number of rotatable bonds is 6. The first-order valence-electron chi connectivity index (χ1n) is 8.17. The first-order chi connectivity index (χ1) is 13.8. The smallest absolute Gasteiger partial charge is 0.490 e. The van der Waals surface area contributed by atoms with Gasteiger partial charge in [0.25, 0.3) is 0 Å². The number of hydrogen-bond donors (Lipinski definition) is 4. The number of aryl methyl sites for hydroxylation is 1. The first kappa shape index (κ1) is 25.1. The molecule has 1 aromatic carbocycles. The fourth-order valence-corrected chi connectivity index (χ4v) is 2.31. The summed E-state index contributed by atoms with van der Waals surface area (Å²) in [4.78, 5) is 24.4. The van der Waals surface area contributed by atoms with Crippen molar-refractivity contribution < 1.29 is 42.5 Å². The van der Waals surface area contributed by atoms with Crippen molar-refractivity contribution in [2.45, 2.75) is 32.1 Å². The summed E-state index contributed by atoms with van der Waals surface area (Å²) in [5.41, 5.74) is 1.24. The van der Waals surface area contributed by atoms with E-state index in [2.05, 4.69) is 10.3 Å². The quantitative estimate of drug-likeness (QED) is 0.496. The van der Waals surface area contributed by atoms with Gasteiger partial charge in [0.15, 0.2) is 0 Å². The van der Waals surface area contributed by atoms with Crippen molar-refractivity contribution in [1.29, 1.82) is 0 Å². The molecule has 0 fully saturated rings. The number of carboxylic acids is 2. The van der Waals surface area contributed by atoms with Crippen LogP contribution in [0.15, 0.2) is 30.3 Å². The number of hydrogen-bond acceptors (Lipinski definition) is 5. The Morgan fingerprint density at radius 1 is 1.20 bits per heavy atom. The van der Waals surface area contributed by atoms with E-state index in [1.807, 2.05) is 0 Å². The third kappa shape index (κ3) is 8.21. The van der Waals surface area contributed by atoms with E-state index in [0.29, 0.717) is 16.4 Å². The van der Waals surface area contributed by atoms with Gasteiger partial charge in [-0.3, -0.25) is 15.1 Å². The molecule has 164 valence electrons. The summed E-state index contributed by atoms with van der Waals surface area (Å²) >= 11 is 5.81. The molecule has 30 heavy (non-hydrogen) atoms. The molecular formula is C18H17ClF4N2O5. The molecule has 0 aliphatic carbocycles. The van der Waals surface area contributed by atoms with Crippen molar-refractivity contribution in [2.24, 2.45) is 0 Å². The minimum absolute atomic E-state index is 0.0267. The van der Waals surface area contributed by atoms with Crippen LogP contribution in [0.5, 0.6) is 5.75 Å². The number of carbonyl (C=O) groups is 2. The predicted molar refractivity (Wildman–Crippen MR) is 97.7 cm³/mol. The molecule has 1 heterocycles. The Labute approximate surface area is 172 Å². The van der Waals surface area contributed by atoms with Crippen molar-refractivity contribution in [1.82, 2.24) is 10.3 Å². The zero-order chi connectivity index (χ0) is 23.1. The molecule has 0 saturated heterocycles. The number of carboxylic acid groups (broad SMARTS) is 2. The molecule has 0 unspecified atom stereocenters. The van der Waals surface area contributed by atoms with E-state index in [9.17, 15) is 32.6 Å². The van der Waals surface area contributed by atoms with Crippen LogP contribution in [0.3, 0.4) is 0 Å². The van der Waals surface area contributed by atoms with Gasteiger partial charge in [0.2, 0.25) is 0 Å². The predicted octanol–water partition coefficient (Wildman–Crippen LogP) is 3.31. The number of alkyl halides is 3. The van der Waals surface area contributed by atoms with E-state index >= 15 is 0 Å². The summed E-state index contributed by atoms with van der Waals surface area (Å²) < 4.78 is 45.5. The lowest BCUT2D eigenvalue weighted by atomic mass is 10.1. The van der Waals surface area contributed by atoms with E-state index in [0.717, 1.165) is 0 Å². The van der Waals surface area contributed by atoms with Crippen LogP contribution < -0.4 is 5.32 Å². The van der Waals surface area contributed by atoms with E-state index in [1.165, 1.54) is 24.3 Å². The lowest BCUT2D eigenvalue weighted by Crippen LogP contribution is -2.38. The van der Waals surface area contributed by atoms with E-state index < -0.39 is 30.0 Å². The number of nitrogens with one attached hydrogen (secondary N) is 1. The number of halogens is 5. The Morgan fingerprint density at radius 2 is 1.80 bits per heavy atom. The van der Waals surface area contributed by atoms with E-state index in [-0.39, 0.29) is 24.3 Å². The topological polar surface area (TPSA) is 120 Å². The number of aliphatic carboxylic acids is 2. The molecule has 0 bridgehead atoms. The highest BCUT2D eigenvalue weighted by atomic mass is 35.5. The highest BCUT2D eigenvalue weighted by molar-refractivity contribution is 6.30. The van der Waals surface area contributed by atoms with E-state index in [4.69, 9.17) is 21.5 Å². The monoisotopic (exact) mass is 452 g/mol. The van der Waals surface area contributed by atoms with Gasteiger partial charge in [0, 0.05) is 23.7 Å². The van der Waals surface area contributed by atoms with Crippen LogP contribution in [-0.2, 0) is 22.6 Å². The zero-order valence-electron chi connectivity index (χ0n) is 15.4. The Balaban J connectivity index is 0.000000553. The SMILES string of the molecule is Cc1ccc(O)c(CN[C@H](Cc2cc(Cl)ccc2F)C(=O)O)n1.O=C(O)C(F)(F)F. The molecule has 2 rings (SSSR count). The molecule has 2 aromatic rings. The molecule has 0 radical (unpaired) electrons. The van der Waals surface area contributed by atoms with Gasteiger partial charge in [-0.05, 0) is 42.8 Å². The molecule has 0 amide bonds. The van der Waals surface area contributed by atoms with Crippen LogP contribution >= 0.6 is 11.6 Å². The van der Waals surface area contributed by atoms with Crippen LogP contribution in [0.4, 0.5) is 17.6 Å². The second-order valence-corrected chi connectivity index (χ2v) is 6.37. The maximum atomic E-state index is 13.7. The minimum Gasteiger partial charge on any atom is -0.506 e. The molecular weight excluding hydrogens is 436 g/mol. The van der Waals surface area contributed by atoms with Crippen LogP contribution in [-0.4, -0.2) is 44.5 Å². The Hall–Kier alpha value is -2.92. The molecule has 4 N–H and O–H groups in total. The molecule has 12 heteroatoms. The molecule has 0 spiro atoms. The summed E-state index contributed by atoms with van der Waals surface area (Å²) in [6.07, 6.45) is -5.16. The fraction of sp³-hybridized carbons (Fsp3) is 0.278. The van der Waals surface area contributed by atoms with Crippen LogP contribution in [0, 0.1) is 12.7 Å². The molecule has 0 aliphatic heterocycles. The fourth-order valence-electron chi connectivity index (χ4n) is 2.12. The van der Waals surface area contributed by atoms with Gasteiger partial charge in [-0.1, -0.05) is 11.6 Å².